The zero-order chi connectivity index (χ0) is 12.3. The summed E-state index contributed by atoms with van der Waals surface area (Å²) in [6, 6.07) is 5.47. The van der Waals surface area contributed by atoms with Gasteiger partial charge in [-0.25, -0.2) is 0 Å². The van der Waals surface area contributed by atoms with Crippen LogP contribution in [0.4, 0.5) is 0 Å². The lowest BCUT2D eigenvalue weighted by molar-refractivity contribution is 0.0921. The van der Waals surface area contributed by atoms with Gasteiger partial charge in [0.25, 0.3) is 0 Å². The Morgan fingerprint density at radius 2 is 2.35 bits per heavy atom. The minimum atomic E-state index is -0.453. The van der Waals surface area contributed by atoms with Crippen LogP contribution in [0.5, 0.6) is 5.75 Å². The normalized spacial score (nSPS) is 22.2. The van der Waals surface area contributed by atoms with Crippen LogP contribution in [0.25, 0.3) is 0 Å². The molecule has 17 heavy (non-hydrogen) atoms. The molecular weight excluding hydrogens is 238 g/mol. The molecule has 1 aromatic rings. The molecule has 0 saturated carbocycles. The molecule has 1 aliphatic rings. The van der Waals surface area contributed by atoms with Gasteiger partial charge in [-0.2, -0.15) is 0 Å². The summed E-state index contributed by atoms with van der Waals surface area (Å²) in [7, 11) is 1.59. The van der Waals surface area contributed by atoms with Gasteiger partial charge in [0, 0.05) is 12.5 Å². The van der Waals surface area contributed by atoms with Gasteiger partial charge >= 0.3 is 0 Å². The lowest BCUT2D eigenvalue weighted by Crippen LogP contribution is -2.33. The fourth-order valence-electron chi connectivity index (χ4n) is 2.29. The van der Waals surface area contributed by atoms with Gasteiger partial charge in [-0.05, 0) is 37.1 Å². The first-order valence-electron chi connectivity index (χ1n) is 5.94. The Labute approximate surface area is 107 Å². The van der Waals surface area contributed by atoms with Crippen LogP contribution >= 0.6 is 11.6 Å². The number of ether oxygens (including phenoxy) is 1. The van der Waals surface area contributed by atoms with Crippen LogP contribution in [0, 0.1) is 5.92 Å². The molecule has 2 unspecified atom stereocenters. The number of methoxy groups -OCH3 is 1. The fraction of sp³-hybridized carbons (Fsp3) is 0.538. The van der Waals surface area contributed by atoms with E-state index in [4.69, 9.17) is 16.3 Å². The van der Waals surface area contributed by atoms with Crippen LogP contribution in [0.1, 0.15) is 24.5 Å². The SMILES string of the molecule is COc1ccc(C(O)C2CCCNC2)cc1Cl. The number of halogens is 1. The first kappa shape index (κ1) is 12.7. The third-order valence-electron chi connectivity index (χ3n) is 3.30. The fourth-order valence-corrected chi connectivity index (χ4v) is 2.55. The van der Waals surface area contributed by atoms with Crippen molar-refractivity contribution in [1.29, 1.82) is 0 Å². The van der Waals surface area contributed by atoms with Gasteiger partial charge in [-0.15, -0.1) is 0 Å². The van der Waals surface area contributed by atoms with E-state index in [1.165, 1.54) is 0 Å². The van der Waals surface area contributed by atoms with Crippen LogP contribution in [0.3, 0.4) is 0 Å². The summed E-state index contributed by atoms with van der Waals surface area (Å²) in [6.07, 6.45) is 1.72. The molecular formula is C13H18ClNO2. The molecule has 1 aliphatic heterocycles. The molecule has 0 spiro atoms. The van der Waals surface area contributed by atoms with Crippen molar-refractivity contribution in [1.82, 2.24) is 5.32 Å². The van der Waals surface area contributed by atoms with Crippen LogP contribution in [-0.2, 0) is 0 Å². The molecule has 2 atom stereocenters. The molecule has 0 radical (unpaired) electrons. The summed E-state index contributed by atoms with van der Waals surface area (Å²) >= 11 is 6.06. The second-order valence-electron chi connectivity index (χ2n) is 4.45. The van der Waals surface area contributed by atoms with Gasteiger partial charge in [-0.1, -0.05) is 17.7 Å². The van der Waals surface area contributed by atoms with E-state index >= 15 is 0 Å². The quantitative estimate of drug-likeness (QED) is 0.872. The Hall–Kier alpha value is -0.770. The highest BCUT2D eigenvalue weighted by Gasteiger charge is 2.23. The van der Waals surface area contributed by atoms with Crippen molar-refractivity contribution in [2.45, 2.75) is 18.9 Å². The van der Waals surface area contributed by atoms with Crippen molar-refractivity contribution < 1.29 is 9.84 Å². The molecule has 1 fully saturated rings. The maximum Gasteiger partial charge on any atom is 0.137 e. The second-order valence-corrected chi connectivity index (χ2v) is 4.85. The Kier molecular flexibility index (Phi) is 4.26. The number of aliphatic hydroxyl groups excluding tert-OH is 1. The van der Waals surface area contributed by atoms with Crippen LogP contribution in [0.2, 0.25) is 5.02 Å². The van der Waals surface area contributed by atoms with E-state index in [0.29, 0.717) is 10.8 Å². The molecule has 4 heteroatoms. The zero-order valence-corrected chi connectivity index (χ0v) is 10.7. The summed E-state index contributed by atoms with van der Waals surface area (Å²) in [5.41, 5.74) is 0.865. The van der Waals surface area contributed by atoms with E-state index in [-0.39, 0.29) is 5.92 Å². The van der Waals surface area contributed by atoms with Crippen molar-refractivity contribution in [2.75, 3.05) is 20.2 Å². The monoisotopic (exact) mass is 255 g/mol. The molecule has 1 saturated heterocycles. The van der Waals surface area contributed by atoms with E-state index in [1.807, 2.05) is 6.07 Å². The van der Waals surface area contributed by atoms with Gasteiger partial charge in [0.2, 0.25) is 0 Å². The summed E-state index contributed by atoms with van der Waals surface area (Å²) in [4.78, 5) is 0. The van der Waals surface area contributed by atoms with E-state index in [2.05, 4.69) is 5.32 Å². The molecule has 2 N–H and O–H groups in total. The third-order valence-corrected chi connectivity index (χ3v) is 3.59. The Morgan fingerprint density at radius 1 is 1.53 bits per heavy atom. The number of benzene rings is 1. The number of hydrogen-bond donors (Lipinski definition) is 2. The first-order valence-corrected chi connectivity index (χ1v) is 6.32. The minimum Gasteiger partial charge on any atom is -0.495 e. The summed E-state index contributed by atoms with van der Waals surface area (Å²) in [5.74, 6) is 0.914. The van der Waals surface area contributed by atoms with Crippen molar-refractivity contribution in [3.05, 3.63) is 28.8 Å². The molecule has 2 rings (SSSR count). The average molecular weight is 256 g/mol. The van der Waals surface area contributed by atoms with Crippen LogP contribution in [0.15, 0.2) is 18.2 Å². The highest BCUT2D eigenvalue weighted by Crippen LogP contribution is 2.32. The number of aliphatic hydroxyl groups is 1. The van der Waals surface area contributed by atoms with Crippen molar-refractivity contribution in [3.63, 3.8) is 0 Å². The number of rotatable bonds is 3. The van der Waals surface area contributed by atoms with E-state index in [1.54, 1.807) is 19.2 Å². The van der Waals surface area contributed by atoms with Crippen LogP contribution < -0.4 is 10.1 Å². The summed E-state index contributed by atoms with van der Waals surface area (Å²) < 4.78 is 5.10. The number of nitrogens with one attached hydrogen (secondary N) is 1. The highest BCUT2D eigenvalue weighted by molar-refractivity contribution is 6.32. The van der Waals surface area contributed by atoms with E-state index in [0.717, 1.165) is 31.5 Å². The molecule has 0 aromatic heterocycles. The minimum absolute atomic E-state index is 0.271. The zero-order valence-electron chi connectivity index (χ0n) is 9.95. The first-order chi connectivity index (χ1) is 8.22. The molecule has 0 amide bonds. The van der Waals surface area contributed by atoms with Crippen molar-refractivity contribution >= 4 is 11.6 Å². The van der Waals surface area contributed by atoms with Crippen LogP contribution in [-0.4, -0.2) is 25.3 Å². The molecule has 0 bridgehead atoms. The van der Waals surface area contributed by atoms with Gasteiger partial charge < -0.3 is 15.2 Å². The Balaban J connectivity index is 2.12. The molecule has 3 nitrogen and oxygen atoms in total. The van der Waals surface area contributed by atoms with Crippen molar-refractivity contribution in [3.8, 4) is 5.75 Å². The highest BCUT2D eigenvalue weighted by atomic mass is 35.5. The van der Waals surface area contributed by atoms with Gasteiger partial charge in [-0.3, -0.25) is 0 Å². The summed E-state index contributed by atoms with van der Waals surface area (Å²) in [5, 5.41) is 14.1. The Morgan fingerprint density at radius 3 is 2.94 bits per heavy atom. The standard InChI is InChI=1S/C13H18ClNO2/c1-17-12-5-4-9(7-11(12)14)13(16)10-3-2-6-15-8-10/h4-5,7,10,13,15-16H,2-3,6,8H2,1H3. The molecule has 94 valence electrons. The second kappa shape index (κ2) is 5.71. The van der Waals surface area contributed by atoms with E-state index < -0.39 is 6.10 Å². The smallest absolute Gasteiger partial charge is 0.137 e. The largest absolute Gasteiger partial charge is 0.495 e. The predicted octanol–water partition coefficient (Wildman–Crippen LogP) is 2.38. The molecule has 1 aromatic carbocycles. The molecule has 1 heterocycles. The molecule has 0 aliphatic carbocycles. The van der Waals surface area contributed by atoms with Crippen molar-refractivity contribution in [2.24, 2.45) is 5.92 Å². The Bertz CT molecular complexity index is 378. The number of hydrogen-bond acceptors (Lipinski definition) is 3. The van der Waals surface area contributed by atoms with Gasteiger partial charge in [0.1, 0.15) is 5.75 Å². The number of piperidine rings is 1. The lowest BCUT2D eigenvalue weighted by Gasteiger charge is -2.27. The summed E-state index contributed by atoms with van der Waals surface area (Å²) in [6.45, 7) is 1.91. The topological polar surface area (TPSA) is 41.5 Å². The lowest BCUT2D eigenvalue weighted by atomic mass is 9.89. The van der Waals surface area contributed by atoms with Gasteiger partial charge in [0.15, 0.2) is 0 Å². The van der Waals surface area contributed by atoms with Gasteiger partial charge in [0.05, 0.1) is 18.2 Å². The predicted molar refractivity (Wildman–Crippen MR) is 68.6 cm³/mol. The van der Waals surface area contributed by atoms with E-state index in [9.17, 15) is 5.11 Å². The average Bonchev–Trinajstić information content (AvgIpc) is 2.39. The third kappa shape index (κ3) is 2.92. The maximum atomic E-state index is 10.3. The maximum absolute atomic E-state index is 10.3.